The van der Waals surface area contributed by atoms with Gasteiger partial charge in [0, 0.05) is 0 Å². The molecule has 0 bridgehead atoms. The Balaban J connectivity index is 6.13. The normalized spacial score (nSPS) is 15.9. The molecule has 6 nitrogen and oxygen atoms in total. The molecular weight excluding hydrogens is 389 g/mol. The van der Waals surface area contributed by atoms with Crippen LogP contribution in [0.4, 0.5) is 39.5 Å². The SMILES string of the molecule is COS(=O)(=O)NS(=O)(=O)C(F)(F)C(F)(F)C(F)(F)C(F)(F)F. The summed E-state index contributed by atoms with van der Waals surface area (Å²) in [4.78, 5) is 0. The topological polar surface area (TPSA) is 89.5 Å². The van der Waals surface area contributed by atoms with Crippen LogP contribution in [0.15, 0.2) is 0 Å². The standard InChI is InChI=1S/C5H4F9NO5S2/c1-20-22(18,19)15-21(16,17)5(13,14)3(8,9)2(6,7)4(10,11)12/h15H,1H3. The van der Waals surface area contributed by atoms with Crippen LogP contribution in [0.3, 0.4) is 0 Å². The van der Waals surface area contributed by atoms with Crippen molar-refractivity contribution in [2.45, 2.75) is 23.3 Å². The summed E-state index contributed by atoms with van der Waals surface area (Å²) in [7, 11) is -12.8. The Morgan fingerprint density at radius 1 is 0.773 bits per heavy atom. The molecule has 134 valence electrons. The van der Waals surface area contributed by atoms with Crippen LogP contribution in [-0.2, 0) is 24.5 Å². The first kappa shape index (κ1) is 21.2. The number of rotatable bonds is 6. The van der Waals surface area contributed by atoms with E-state index in [1.807, 2.05) is 0 Å². The summed E-state index contributed by atoms with van der Waals surface area (Å²) < 4.78 is 157. The van der Waals surface area contributed by atoms with Crippen LogP contribution in [0, 0.1) is 0 Å². The Morgan fingerprint density at radius 2 is 1.14 bits per heavy atom. The van der Waals surface area contributed by atoms with Gasteiger partial charge in [-0.1, -0.05) is 4.13 Å². The zero-order valence-electron chi connectivity index (χ0n) is 9.76. The van der Waals surface area contributed by atoms with E-state index >= 15 is 0 Å². The lowest BCUT2D eigenvalue weighted by molar-refractivity contribution is -0.382. The van der Waals surface area contributed by atoms with Crippen molar-refractivity contribution in [2.24, 2.45) is 0 Å². The Bertz CT molecular complexity index is 621. The van der Waals surface area contributed by atoms with Crippen LogP contribution in [0.1, 0.15) is 0 Å². The molecule has 0 spiro atoms. The first-order chi connectivity index (χ1) is 9.27. The number of hydrogen-bond donors (Lipinski definition) is 1. The van der Waals surface area contributed by atoms with E-state index in [1.165, 1.54) is 0 Å². The van der Waals surface area contributed by atoms with Crippen LogP contribution in [-0.4, -0.2) is 47.2 Å². The van der Waals surface area contributed by atoms with Gasteiger partial charge in [0.25, 0.3) is 10.0 Å². The van der Waals surface area contributed by atoms with Gasteiger partial charge in [0.2, 0.25) is 0 Å². The fourth-order valence-electron chi connectivity index (χ4n) is 0.750. The molecule has 0 aliphatic heterocycles. The molecule has 0 unspecified atom stereocenters. The second kappa shape index (κ2) is 5.38. The second-order valence-corrected chi connectivity index (χ2v) is 6.80. The van der Waals surface area contributed by atoms with E-state index in [-0.39, 0.29) is 11.2 Å². The van der Waals surface area contributed by atoms with E-state index in [4.69, 9.17) is 0 Å². The summed E-state index contributed by atoms with van der Waals surface area (Å²) in [6, 6.07) is 0. The lowest BCUT2D eigenvalue weighted by atomic mass is 10.1. The van der Waals surface area contributed by atoms with E-state index < -0.39 is 43.6 Å². The summed E-state index contributed by atoms with van der Waals surface area (Å²) in [5.41, 5.74) is 0. The van der Waals surface area contributed by atoms with Gasteiger partial charge in [-0.2, -0.15) is 47.9 Å². The summed E-state index contributed by atoms with van der Waals surface area (Å²) in [6.07, 6.45) is -7.25. The smallest absolute Gasteiger partial charge is 0.261 e. The quantitative estimate of drug-likeness (QED) is 0.686. The van der Waals surface area contributed by atoms with Crippen LogP contribution < -0.4 is 4.13 Å². The first-order valence-electron chi connectivity index (χ1n) is 4.30. The molecule has 17 heteroatoms. The third-order valence-electron chi connectivity index (χ3n) is 1.88. The van der Waals surface area contributed by atoms with Gasteiger partial charge in [0.15, 0.2) is 0 Å². The minimum absolute atomic E-state index is 0.151. The molecule has 0 aromatic carbocycles. The van der Waals surface area contributed by atoms with E-state index in [0.29, 0.717) is 0 Å². The highest BCUT2D eigenvalue weighted by molar-refractivity contribution is 8.03. The molecule has 0 aliphatic rings. The Labute approximate surface area is 116 Å². The molecule has 0 atom stereocenters. The Kier molecular flexibility index (Phi) is 5.18. The largest absolute Gasteiger partial charge is 0.460 e. The van der Waals surface area contributed by atoms with Crippen LogP contribution in [0.2, 0.25) is 0 Å². The zero-order valence-corrected chi connectivity index (χ0v) is 11.4. The Hall–Kier alpha value is -0.810. The van der Waals surface area contributed by atoms with Gasteiger partial charge in [0.05, 0.1) is 7.11 Å². The zero-order chi connectivity index (χ0) is 18.4. The lowest BCUT2D eigenvalue weighted by Gasteiger charge is -2.32. The van der Waals surface area contributed by atoms with E-state index in [2.05, 4.69) is 4.18 Å². The minimum atomic E-state index is -7.53. The third-order valence-corrected chi connectivity index (χ3v) is 4.95. The molecule has 0 rings (SSSR count). The van der Waals surface area contributed by atoms with E-state index in [9.17, 15) is 56.3 Å². The molecular formula is C5H4F9NO5S2. The predicted octanol–water partition coefficient (Wildman–Crippen LogP) is 1.22. The third kappa shape index (κ3) is 3.25. The Morgan fingerprint density at radius 3 is 1.41 bits per heavy atom. The summed E-state index contributed by atoms with van der Waals surface area (Å²) in [5.74, 6) is -15.0. The van der Waals surface area contributed by atoms with Crippen molar-refractivity contribution in [3.63, 3.8) is 0 Å². The number of halogens is 9. The highest BCUT2D eigenvalue weighted by atomic mass is 32.3. The minimum Gasteiger partial charge on any atom is -0.261 e. The fraction of sp³-hybridized carbons (Fsp3) is 1.00. The molecule has 0 heterocycles. The molecule has 22 heavy (non-hydrogen) atoms. The number of alkyl halides is 9. The van der Waals surface area contributed by atoms with Crippen molar-refractivity contribution in [1.82, 2.24) is 4.13 Å². The van der Waals surface area contributed by atoms with Gasteiger partial charge in [-0.05, 0) is 0 Å². The van der Waals surface area contributed by atoms with Crippen LogP contribution in [0.5, 0.6) is 0 Å². The fourth-order valence-corrected chi connectivity index (χ4v) is 2.98. The van der Waals surface area contributed by atoms with Gasteiger partial charge in [-0.3, -0.25) is 4.18 Å². The van der Waals surface area contributed by atoms with E-state index in [1.54, 1.807) is 0 Å². The second-order valence-electron chi connectivity index (χ2n) is 3.37. The molecule has 0 fully saturated rings. The molecule has 0 radical (unpaired) electrons. The van der Waals surface area contributed by atoms with Gasteiger partial charge >= 0.3 is 33.6 Å². The van der Waals surface area contributed by atoms with Crippen molar-refractivity contribution >= 4 is 20.3 Å². The lowest BCUT2D eigenvalue weighted by Crippen LogP contribution is -2.65. The monoisotopic (exact) mass is 393 g/mol. The van der Waals surface area contributed by atoms with Crippen molar-refractivity contribution in [1.29, 1.82) is 0 Å². The van der Waals surface area contributed by atoms with Gasteiger partial charge in [-0.15, -0.1) is 0 Å². The maximum atomic E-state index is 13.0. The predicted molar refractivity (Wildman–Crippen MR) is 48.9 cm³/mol. The molecule has 0 amide bonds. The van der Waals surface area contributed by atoms with Gasteiger partial charge < -0.3 is 0 Å². The van der Waals surface area contributed by atoms with Crippen molar-refractivity contribution in [2.75, 3.05) is 7.11 Å². The number of hydrogen-bond acceptors (Lipinski definition) is 5. The average Bonchev–Trinajstić information content (AvgIpc) is 2.25. The average molecular weight is 393 g/mol. The molecule has 0 saturated heterocycles. The maximum absolute atomic E-state index is 13.0. The number of nitrogens with one attached hydrogen (secondary N) is 1. The highest BCUT2D eigenvalue weighted by Crippen LogP contribution is 2.54. The first-order valence-corrected chi connectivity index (χ1v) is 7.20. The van der Waals surface area contributed by atoms with Crippen molar-refractivity contribution < 1.29 is 60.5 Å². The van der Waals surface area contributed by atoms with Gasteiger partial charge in [0.1, 0.15) is 0 Å². The van der Waals surface area contributed by atoms with Gasteiger partial charge in [-0.25, -0.2) is 8.42 Å². The summed E-state index contributed by atoms with van der Waals surface area (Å²) in [6.45, 7) is 0. The number of sulfonamides is 1. The van der Waals surface area contributed by atoms with Crippen LogP contribution >= 0.6 is 0 Å². The molecule has 0 aromatic heterocycles. The molecule has 0 saturated carbocycles. The van der Waals surface area contributed by atoms with Crippen LogP contribution in [0.25, 0.3) is 0 Å². The summed E-state index contributed by atoms with van der Waals surface area (Å²) >= 11 is 0. The van der Waals surface area contributed by atoms with Crippen molar-refractivity contribution in [3.05, 3.63) is 0 Å². The summed E-state index contributed by atoms with van der Waals surface area (Å²) in [5, 5.41) is -7.16. The van der Waals surface area contributed by atoms with E-state index in [0.717, 1.165) is 0 Å². The molecule has 0 aliphatic carbocycles. The molecule has 0 aromatic rings. The highest BCUT2D eigenvalue weighted by Gasteiger charge is 2.85. The molecule has 1 N–H and O–H groups in total. The van der Waals surface area contributed by atoms with Crippen molar-refractivity contribution in [3.8, 4) is 0 Å². The maximum Gasteiger partial charge on any atom is 0.460 e.